The van der Waals surface area contributed by atoms with Gasteiger partial charge in [-0.15, -0.1) is 0 Å². The fourth-order valence-corrected chi connectivity index (χ4v) is 3.20. The SMILES string of the molecule is Cc1cccc(C(=O)NC(C)(CBr)c2ccccc2)c1I. The van der Waals surface area contributed by atoms with Crippen LogP contribution in [0.4, 0.5) is 0 Å². The summed E-state index contributed by atoms with van der Waals surface area (Å²) in [5.74, 6) is -0.0473. The van der Waals surface area contributed by atoms with Crippen LogP contribution in [-0.2, 0) is 5.54 Å². The Hall–Kier alpha value is -0.880. The molecule has 0 aliphatic carbocycles. The van der Waals surface area contributed by atoms with Gasteiger partial charge in [-0.05, 0) is 53.6 Å². The van der Waals surface area contributed by atoms with Crippen LogP contribution in [-0.4, -0.2) is 11.2 Å². The number of benzene rings is 2. The van der Waals surface area contributed by atoms with Crippen molar-refractivity contribution >= 4 is 44.4 Å². The maximum atomic E-state index is 12.6. The van der Waals surface area contributed by atoms with Gasteiger partial charge in [0.25, 0.3) is 5.91 Å². The lowest BCUT2D eigenvalue weighted by Crippen LogP contribution is -2.45. The van der Waals surface area contributed by atoms with Crippen LogP contribution < -0.4 is 5.32 Å². The van der Waals surface area contributed by atoms with Crippen molar-refractivity contribution in [3.8, 4) is 0 Å². The summed E-state index contributed by atoms with van der Waals surface area (Å²) in [5, 5.41) is 3.80. The number of rotatable bonds is 4. The molecule has 2 aromatic carbocycles. The first-order chi connectivity index (χ1) is 9.98. The van der Waals surface area contributed by atoms with Crippen LogP contribution in [0.3, 0.4) is 0 Å². The molecule has 1 unspecified atom stereocenters. The van der Waals surface area contributed by atoms with Crippen molar-refractivity contribution in [1.82, 2.24) is 5.32 Å². The third-order valence-corrected chi connectivity index (χ3v) is 6.06. The minimum Gasteiger partial charge on any atom is -0.342 e. The summed E-state index contributed by atoms with van der Waals surface area (Å²) in [6.45, 7) is 4.04. The van der Waals surface area contributed by atoms with E-state index >= 15 is 0 Å². The molecular weight excluding hydrogens is 441 g/mol. The van der Waals surface area contributed by atoms with Crippen LogP contribution >= 0.6 is 38.5 Å². The molecule has 110 valence electrons. The number of amides is 1. The van der Waals surface area contributed by atoms with Crippen LogP contribution in [0, 0.1) is 10.5 Å². The van der Waals surface area contributed by atoms with Crippen LogP contribution in [0.2, 0.25) is 0 Å². The van der Waals surface area contributed by atoms with Crippen LogP contribution in [0.25, 0.3) is 0 Å². The van der Waals surface area contributed by atoms with Crippen molar-refractivity contribution in [1.29, 1.82) is 0 Å². The monoisotopic (exact) mass is 457 g/mol. The van der Waals surface area contributed by atoms with Gasteiger partial charge >= 0.3 is 0 Å². The fraction of sp³-hybridized carbons (Fsp3) is 0.235. The number of hydrogen-bond acceptors (Lipinski definition) is 1. The van der Waals surface area contributed by atoms with Crippen LogP contribution in [0.1, 0.15) is 28.4 Å². The number of hydrogen-bond donors (Lipinski definition) is 1. The van der Waals surface area contributed by atoms with Gasteiger partial charge in [0.15, 0.2) is 0 Å². The molecule has 0 spiro atoms. The van der Waals surface area contributed by atoms with E-state index in [1.54, 1.807) is 0 Å². The van der Waals surface area contributed by atoms with E-state index in [0.717, 1.165) is 20.3 Å². The predicted octanol–water partition coefficient (Wildman–Crippen LogP) is 4.64. The number of carbonyl (C=O) groups excluding carboxylic acids is 1. The molecule has 0 aromatic heterocycles. The third kappa shape index (κ3) is 3.66. The lowest BCUT2D eigenvalue weighted by Gasteiger charge is -2.29. The van der Waals surface area contributed by atoms with Crippen molar-refractivity contribution in [3.05, 3.63) is 68.8 Å². The Labute approximate surface area is 147 Å². The van der Waals surface area contributed by atoms with Gasteiger partial charge in [0.2, 0.25) is 0 Å². The second-order valence-corrected chi connectivity index (χ2v) is 6.86. The molecular formula is C17H17BrINO. The van der Waals surface area contributed by atoms with Gasteiger partial charge in [0, 0.05) is 8.90 Å². The van der Waals surface area contributed by atoms with Crippen molar-refractivity contribution in [2.75, 3.05) is 5.33 Å². The number of carbonyl (C=O) groups is 1. The average Bonchev–Trinajstić information content (AvgIpc) is 2.50. The Bertz CT molecular complexity index is 644. The molecule has 2 rings (SSSR count). The quantitative estimate of drug-likeness (QED) is 0.525. The summed E-state index contributed by atoms with van der Waals surface area (Å²) < 4.78 is 0.998. The Morgan fingerprint density at radius 1 is 1.19 bits per heavy atom. The summed E-state index contributed by atoms with van der Waals surface area (Å²) in [6, 6.07) is 15.8. The first-order valence-corrected chi connectivity index (χ1v) is 8.87. The zero-order valence-electron chi connectivity index (χ0n) is 12.0. The van der Waals surface area contributed by atoms with E-state index in [1.165, 1.54) is 0 Å². The molecule has 0 fully saturated rings. The van der Waals surface area contributed by atoms with E-state index in [1.807, 2.05) is 62.4 Å². The summed E-state index contributed by atoms with van der Waals surface area (Å²) in [4.78, 5) is 12.6. The summed E-state index contributed by atoms with van der Waals surface area (Å²) in [5.41, 5.74) is 2.48. The molecule has 2 aromatic rings. The molecule has 2 nitrogen and oxygen atoms in total. The van der Waals surface area contributed by atoms with E-state index < -0.39 is 5.54 Å². The molecule has 21 heavy (non-hydrogen) atoms. The van der Waals surface area contributed by atoms with Crippen LogP contribution in [0.5, 0.6) is 0 Å². The van der Waals surface area contributed by atoms with E-state index in [0.29, 0.717) is 5.33 Å². The van der Waals surface area contributed by atoms with E-state index in [-0.39, 0.29) is 5.91 Å². The molecule has 4 heteroatoms. The topological polar surface area (TPSA) is 29.1 Å². The largest absolute Gasteiger partial charge is 0.342 e. The summed E-state index contributed by atoms with van der Waals surface area (Å²) in [6.07, 6.45) is 0. The highest BCUT2D eigenvalue weighted by atomic mass is 127. The lowest BCUT2D eigenvalue weighted by molar-refractivity contribution is 0.0913. The zero-order valence-corrected chi connectivity index (χ0v) is 15.7. The smallest absolute Gasteiger partial charge is 0.253 e. The molecule has 0 saturated carbocycles. The van der Waals surface area contributed by atoms with Gasteiger partial charge in [0.05, 0.1) is 11.1 Å². The first kappa shape index (κ1) is 16.5. The Morgan fingerprint density at radius 2 is 1.86 bits per heavy atom. The lowest BCUT2D eigenvalue weighted by atomic mass is 9.93. The second-order valence-electron chi connectivity index (χ2n) is 5.22. The predicted molar refractivity (Wildman–Crippen MR) is 99.0 cm³/mol. The fourth-order valence-electron chi connectivity index (χ4n) is 2.13. The van der Waals surface area contributed by atoms with Gasteiger partial charge in [0.1, 0.15) is 0 Å². The number of halogens is 2. The molecule has 0 aliphatic rings. The minimum atomic E-state index is -0.439. The molecule has 0 aliphatic heterocycles. The van der Waals surface area contributed by atoms with Gasteiger partial charge in [-0.3, -0.25) is 4.79 Å². The average molecular weight is 458 g/mol. The summed E-state index contributed by atoms with van der Waals surface area (Å²) in [7, 11) is 0. The zero-order chi connectivity index (χ0) is 15.5. The van der Waals surface area contributed by atoms with Crippen molar-refractivity contribution in [3.63, 3.8) is 0 Å². The highest BCUT2D eigenvalue weighted by molar-refractivity contribution is 14.1. The Kier molecular flexibility index (Phi) is 5.43. The second kappa shape index (κ2) is 6.92. The highest BCUT2D eigenvalue weighted by Gasteiger charge is 2.28. The molecule has 1 atom stereocenters. The maximum absolute atomic E-state index is 12.6. The van der Waals surface area contributed by atoms with Crippen molar-refractivity contribution < 1.29 is 4.79 Å². The standard InChI is InChI=1S/C17H17BrINO/c1-12-7-6-10-14(15(12)19)16(21)20-17(2,11-18)13-8-4-3-5-9-13/h3-10H,11H2,1-2H3,(H,20,21). The van der Waals surface area contributed by atoms with E-state index in [4.69, 9.17) is 0 Å². The van der Waals surface area contributed by atoms with E-state index in [9.17, 15) is 4.79 Å². The number of aryl methyl sites for hydroxylation is 1. The normalized spacial score (nSPS) is 13.5. The maximum Gasteiger partial charge on any atom is 0.253 e. The Morgan fingerprint density at radius 3 is 2.48 bits per heavy atom. The summed E-state index contributed by atoms with van der Waals surface area (Å²) >= 11 is 5.75. The van der Waals surface area contributed by atoms with Gasteiger partial charge in [-0.2, -0.15) is 0 Å². The van der Waals surface area contributed by atoms with Gasteiger partial charge in [-0.25, -0.2) is 0 Å². The van der Waals surface area contributed by atoms with Gasteiger partial charge < -0.3 is 5.32 Å². The molecule has 0 saturated heterocycles. The molecule has 0 radical (unpaired) electrons. The van der Waals surface area contributed by atoms with Crippen LogP contribution in [0.15, 0.2) is 48.5 Å². The van der Waals surface area contributed by atoms with Gasteiger partial charge in [-0.1, -0.05) is 58.4 Å². The van der Waals surface area contributed by atoms with Crippen molar-refractivity contribution in [2.45, 2.75) is 19.4 Å². The number of nitrogens with one attached hydrogen (secondary N) is 1. The first-order valence-electron chi connectivity index (χ1n) is 6.67. The molecule has 1 amide bonds. The molecule has 1 N–H and O–H groups in total. The highest BCUT2D eigenvalue weighted by Crippen LogP contribution is 2.25. The Balaban J connectivity index is 2.30. The van der Waals surface area contributed by atoms with Crippen molar-refractivity contribution in [2.24, 2.45) is 0 Å². The third-order valence-electron chi connectivity index (χ3n) is 3.50. The van der Waals surface area contributed by atoms with E-state index in [2.05, 4.69) is 43.8 Å². The minimum absolute atomic E-state index is 0.0473. The molecule has 0 bridgehead atoms. The number of alkyl halides is 1. The molecule has 0 heterocycles.